The highest BCUT2D eigenvalue weighted by atomic mass is 32.1. The van der Waals surface area contributed by atoms with Gasteiger partial charge < -0.3 is 23.8 Å². The maximum atomic E-state index is 14.9. The van der Waals surface area contributed by atoms with E-state index in [1.54, 1.807) is 77.5 Å². The molecule has 37 heavy (non-hydrogen) atoms. The van der Waals surface area contributed by atoms with Crippen LogP contribution in [0.5, 0.6) is 23.3 Å². The molecule has 188 valence electrons. The van der Waals surface area contributed by atoms with Crippen molar-refractivity contribution in [1.82, 2.24) is 9.97 Å². The maximum absolute atomic E-state index is 14.9. The monoisotopic (exact) mass is 533 g/mol. The largest absolute Gasteiger partial charge is 0.481 e. The Morgan fingerprint density at radius 2 is 1.51 bits per heavy atom. The van der Waals surface area contributed by atoms with Gasteiger partial charge in [-0.15, -0.1) is 11.3 Å². The van der Waals surface area contributed by atoms with Gasteiger partial charge in [0.1, 0.15) is 11.5 Å². The minimum Gasteiger partial charge on any atom is -0.481 e. The van der Waals surface area contributed by atoms with Crippen LogP contribution in [0.2, 0.25) is 0 Å². The second-order valence-electron chi connectivity index (χ2n) is 7.88. The lowest BCUT2D eigenvalue weighted by molar-refractivity contribution is 0.354. The van der Waals surface area contributed by atoms with Gasteiger partial charge in [0.25, 0.3) is 0 Å². The molecule has 2 aromatic heterocycles. The second-order valence-corrected chi connectivity index (χ2v) is 10.7. The molecule has 0 fully saturated rings. The number of rotatable bonds is 10. The molecule has 0 aliphatic carbocycles. The molecule has 2 heterocycles. The van der Waals surface area contributed by atoms with Gasteiger partial charge in [0.05, 0.1) is 35.5 Å². The Hall–Kier alpha value is -4.07. The number of thiazole rings is 1. The lowest BCUT2D eigenvalue weighted by Gasteiger charge is -2.29. The third-order valence-corrected chi connectivity index (χ3v) is 8.24. The van der Waals surface area contributed by atoms with Crippen LogP contribution in [0, 0.1) is 0 Å². The van der Waals surface area contributed by atoms with Gasteiger partial charge in [-0.1, -0.05) is 36.4 Å². The molecule has 0 saturated heterocycles. The summed E-state index contributed by atoms with van der Waals surface area (Å²) in [5.41, 5.74) is 3.74. The first kappa shape index (κ1) is 24.6. The van der Waals surface area contributed by atoms with Gasteiger partial charge in [-0.25, -0.2) is 9.55 Å². The molecule has 10 heteroatoms. The fourth-order valence-corrected chi connectivity index (χ4v) is 6.32. The third-order valence-electron chi connectivity index (χ3n) is 5.46. The topological polar surface area (TPSA) is 91.8 Å². The van der Waals surface area contributed by atoms with Crippen LogP contribution < -0.4 is 23.8 Å². The SMILES string of the molecule is COc1ccc(C(Nc2ccc3scnc3c2)P(=O)(Oc2ccccc2)Oc2ccccc2)c(OC)n1. The van der Waals surface area contributed by atoms with E-state index in [-0.39, 0.29) is 5.88 Å². The molecule has 5 rings (SSSR count). The van der Waals surface area contributed by atoms with Gasteiger partial charge in [-0.05, 0) is 48.5 Å². The zero-order valence-corrected chi connectivity index (χ0v) is 21.8. The standard InChI is InChI=1S/C27H24N3O5PS/c1-32-25-16-14-22(26(30-25)33-2)27(29-19-13-15-24-23(17-19)28-18-37-24)36(31,34-20-9-5-3-6-10-20)35-21-11-7-4-8-12-21/h3-18,27,29H,1-2H3. The van der Waals surface area contributed by atoms with Gasteiger partial charge in [0.2, 0.25) is 11.8 Å². The summed E-state index contributed by atoms with van der Waals surface area (Å²) in [6.45, 7) is 0. The summed E-state index contributed by atoms with van der Waals surface area (Å²) < 4.78 is 39.1. The van der Waals surface area contributed by atoms with Crippen molar-refractivity contribution in [3.05, 3.63) is 102 Å². The molecule has 5 aromatic rings. The molecule has 0 saturated carbocycles. The molecular weight excluding hydrogens is 509 g/mol. The molecule has 0 amide bonds. The first-order valence-corrected chi connectivity index (χ1v) is 13.8. The normalized spacial score (nSPS) is 12.1. The van der Waals surface area contributed by atoms with E-state index in [4.69, 9.17) is 18.5 Å². The van der Waals surface area contributed by atoms with Crippen LogP contribution in [0.3, 0.4) is 0 Å². The van der Waals surface area contributed by atoms with Crippen LogP contribution in [-0.4, -0.2) is 24.2 Å². The van der Waals surface area contributed by atoms with Crippen molar-refractivity contribution in [2.45, 2.75) is 5.78 Å². The number of anilines is 1. The lowest BCUT2D eigenvalue weighted by Crippen LogP contribution is -2.19. The Balaban J connectivity index is 1.65. The van der Waals surface area contributed by atoms with E-state index in [0.717, 1.165) is 10.2 Å². The van der Waals surface area contributed by atoms with Gasteiger partial charge in [-0.2, -0.15) is 4.98 Å². The second kappa shape index (κ2) is 10.9. The van der Waals surface area contributed by atoms with Gasteiger partial charge in [-0.3, -0.25) is 0 Å². The number of pyridine rings is 1. The molecule has 3 aromatic carbocycles. The van der Waals surface area contributed by atoms with Crippen LogP contribution in [-0.2, 0) is 4.57 Å². The lowest BCUT2D eigenvalue weighted by atomic mass is 10.2. The molecule has 0 radical (unpaired) electrons. The van der Waals surface area contributed by atoms with Crippen molar-refractivity contribution in [3.63, 3.8) is 0 Å². The number of ether oxygens (including phenoxy) is 2. The number of nitrogens with one attached hydrogen (secondary N) is 1. The Kier molecular flexibility index (Phi) is 7.25. The Morgan fingerprint density at radius 3 is 2.14 bits per heavy atom. The number of benzene rings is 3. The van der Waals surface area contributed by atoms with Crippen molar-refractivity contribution in [2.75, 3.05) is 19.5 Å². The first-order valence-electron chi connectivity index (χ1n) is 11.4. The van der Waals surface area contributed by atoms with Crippen molar-refractivity contribution < 1.29 is 23.1 Å². The highest BCUT2D eigenvalue weighted by Crippen LogP contribution is 2.61. The molecule has 0 spiro atoms. The van der Waals surface area contributed by atoms with Crippen LogP contribution >= 0.6 is 18.9 Å². The average Bonchev–Trinajstić information content (AvgIpc) is 3.40. The Morgan fingerprint density at radius 1 is 0.838 bits per heavy atom. The van der Waals surface area contributed by atoms with E-state index in [2.05, 4.69) is 15.3 Å². The fourth-order valence-electron chi connectivity index (χ4n) is 3.73. The molecule has 0 aliphatic rings. The predicted molar refractivity (Wildman–Crippen MR) is 145 cm³/mol. The summed E-state index contributed by atoms with van der Waals surface area (Å²) in [6, 6.07) is 27.0. The van der Waals surface area contributed by atoms with Gasteiger partial charge in [0.15, 0.2) is 5.78 Å². The molecule has 0 aliphatic heterocycles. The van der Waals surface area contributed by atoms with Crippen LogP contribution in [0.1, 0.15) is 11.3 Å². The zero-order valence-electron chi connectivity index (χ0n) is 20.1. The van der Waals surface area contributed by atoms with Crippen LogP contribution in [0.4, 0.5) is 5.69 Å². The van der Waals surface area contributed by atoms with E-state index in [9.17, 15) is 4.57 Å². The Bertz CT molecular complexity index is 1490. The number of hydrogen-bond donors (Lipinski definition) is 1. The van der Waals surface area contributed by atoms with Crippen molar-refractivity contribution in [3.8, 4) is 23.3 Å². The highest BCUT2D eigenvalue weighted by molar-refractivity contribution is 7.55. The Labute approximate surface area is 218 Å². The summed E-state index contributed by atoms with van der Waals surface area (Å²) in [5, 5.41) is 3.36. The van der Waals surface area contributed by atoms with E-state index in [1.807, 2.05) is 30.3 Å². The van der Waals surface area contributed by atoms with Crippen molar-refractivity contribution >= 4 is 34.8 Å². The first-order chi connectivity index (χ1) is 18.1. The zero-order chi connectivity index (χ0) is 25.7. The summed E-state index contributed by atoms with van der Waals surface area (Å²) in [7, 11) is -1.05. The molecule has 1 unspecified atom stereocenters. The molecule has 1 atom stereocenters. The summed E-state index contributed by atoms with van der Waals surface area (Å²) in [4.78, 5) is 8.82. The third kappa shape index (κ3) is 5.53. The number of methoxy groups -OCH3 is 2. The minimum absolute atomic E-state index is 0.222. The van der Waals surface area contributed by atoms with Crippen molar-refractivity contribution in [1.29, 1.82) is 0 Å². The maximum Gasteiger partial charge on any atom is 0.457 e. The number of hydrogen-bond acceptors (Lipinski definition) is 9. The minimum atomic E-state index is -4.06. The fraction of sp³-hybridized carbons (Fsp3) is 0.111. The number of nitrogens with zero attached hydrogens (tertiary/aromatic N) is 2. The summed E-state index contributed by atoms with van der Waals surface area (Å²) in [5.74, 6) is 0.344. The average molecular weight is 534 g/mol. The quantitative estimate of drug-likeness (QED) is 0.189. The smallest absolute Gasteiger partial charge is 0.457 e. The number of aromatic nitrogens is 2. The summed E-state index contributed by atoms with van der Waals surface area (Å²) >= 11 is 1.54. The van der Waals surface area contributed by atoms with E-state index >= 15 is 0 Å². The summed E-state index contributed by atoms with van der Waals surface area (Å²) in [6.07, 6.45) is 0. The molecule has 1 N–H and O–H groups in total. The highest BCUT2D eigenvalue weighted by Gasteiger charge is 2.43. The molecule has 0 bridgehead atoms. The van der Waals surface area contributed by atoms with Gasteiger partial charge >= 0.3 is 7.60 Å². The van der Waals surface area contributed by atoms with Crippen molar-refractivity contribution in [2.24, 2.45) is 0 Å². The van der Waals surface area contributed by atoms with Gasteiger partial charge in [0, 0.05) is 11.8 Å². The number of fused-ring (bicyclic) bond motifs is 1. The van der Waals surface area contributed by atoms with E-state index in [1.165, 1.54) is 14.2 Å². The predicted octanol–water partition coefficient (Wildman–Crippen LogP) is 7.17. The van der Waals surface area contributed by atoms with Crippen LogP contribution in [0.25, 0.3) is 10.2 Å². The number of para-hydroxylation sites is 2. The molecule has 8 nitrogen and oxygen atoms in total. The van der Waals surface area contributed by atoms with Crippen LogP contribution in [0.15, 0.2) is 96.5 Å². The molecular formula is C27H24N3O5PS. The van der Waals surface area contributed by atoms with E-state index < -0.39 is 13.4 Å². The van der Waals surface area contributed by atoms with E-state index in [0.29, 0.717) is 28.6 Å².